The third kappa shape index (κ3) is 3.14. The summed E-state index contributed by atoms with van der Waals surface area (Å²) in [6.45, 7) is 5.57. The Hall–Kier alpha value is -1.20. The molecule has 0 N–H and O–H groups in total. The molecule has 0 radical (unpaired) electrons. The van der Waals surface area contributed by atoms with Gasteiger partial charge in [-0.2, -0.15) is 5.10 Å². The molecular weight excluding hydrogens is 216 g/mol. The van der Waals surface area contributed by atoms with E-state index in [0.29, 0.717) is 5.69 Å². The number of nitrogens with zero attached hydrogens (tertiary/aromatic N) is 4. The van der Waals surface area contributed by atoms with Gasteiger partial charge >= 0.3 is 0 Å². The summed E-state index contributed by atoms with van der Waals surface area (Å²) in [6.07, 6.45) is 1.78. The van der Waals surface area contributed by atoms with Crippen LogP contribution in [-0.4, -0.2) is 65.6 Å². The molecule has 1 aromatic heterocycles. The largest absolute Gasteiger partial charge is 0.304 e. The molecule has 2 heterocycles. The molecule has 1 saturated heterocycles. The molecule has 0 unspecified atom stereocenters. The van der Waals surface area contributed by atoms with Crippen LogP contribution in [-0.2, 0) is 13.5 Å². The van der Waals surface area contributed by atoms with Crippen molar-refractivity contribution in [3.63, 3.8) is 0 Å². The maximum atomic E-state index is 10.7. The lowest BCUT2D eigenvalue weighted by Crippen LogP contribution is -2.45. The fourth-order valence-corrected chi connectivity index (χ4v) is 2.12. The Labute approximate surface area is 102 Å². The Morgan fingerprint density at radius 2 is 2.00 bits per heavy atom. The van der Waals surface area contributed by atoms with Crippen LogP contribution in [0.2, 0.25) is 0 Å². The molecule has 17 heavy (non-hydrogen) atoms. The summed E-state index contributed by atoms with van der Waals surface area (Å²) in [5.41, 5.74) is 1.66. The molecule has 0 aliphatic carbocycles. The van der Waals surface area contributed by atoms with E-state index in [9.17, 15) is 4.79 Å². The Kier molecular flexibility index (Phi) is 3.91. The Bertz CT molecular complexity index is 380. The fourth-order valence-electron chi connectivity index (χ4n) is 2.12. The van der Waals surface area contributed by atoms with Crippen molar-refractivity contribution in [3.05, 3.63) is 17.5 Å². The van der Waals surface area contributed by atoms with Crippen LogP contribution in [0.1, 0.15) is 16.2 Å². The summed E-state index contributed by atoms with van der Waals surface area (Å²) < 4.78 is 1.65. The van der Waals surface area contributed by atoms with Crippen molar-refractivity contribution >= 4 is 6.29 Å². The van der Waals surface area contributed by atoms with Gasteiger partial charge in [0.25, 0.3) is 0 Å². The fraction of sp³-hybridized carbons (Fsp3) is 0.667. The summed E-state index contributed by atoms with van der Waals surface area (Å²) in [6, 6.07) is 1.88. The van der Waals surface area contributed by atoms with Crippen LogP contribution >= 0.6 is 0 Å². The van der Waals surface area contributed by atoms with Crippen LogP contribution in [0.3, 0.4) is 0 Å². The smallest absolute Gasteiger partial charge is 0.168 e. The molecule has 2 rings (SSSR count). The molecule has 5 heteroatoms. The molecule has 1 aromatic rings. The highest BCUT2D eigenvalue weighted by molar-refractivity contribution is 5.72. The van der Waals surface area contributed by atoms with E-state index < -0.39 is 0 Å². The van der Waals surface area contributed by atoms with Crippen molar-refractivity contribution < 1.29 is 4.79 Å². The second-order valence-electron chi connectivity index (χ2n) is 4.70. The van der Waals surface area contributed by atoms with Crippen molar-refractivity contribution in [3.8, 4) is 0 Å². The van der Waals surface area contributed by atoms with Crippen molar-refractivity contribution in [2.24, 2.45) is 7.05 Å². The first-order valence-corrected chi connectivity index (χ1v) is 6.08. The number of aromatic nitrogens is 2. The van der Waals surface area contributed by atoms with Gasteiger partial charge in [-0.3, -0.25) is 9.48 Å². The Morgan fingerprint density at radius 1 is 1.29 bits per heavy atom. The lowest BCUT2D eigenvalue weighted by molar-refractivity contribution is 0.111. The predicted molar refractivity (Wildman–Crippen MR) is 66.2 cm³/mol. The summed E-state index contributed by atoms with van der Waals surface area (Å²) in [4.78, 5) is 15.5. The molecule has 0 saturated carbocycles. The van der Waals surface area contributed by atoms with Gasteiger partial charge in [-0.1, -0.05) is 0 Å². The summed E-state index contributed by atoms with van der Waals surface area (Å²) in [7, 11) is 3.97. The van der Waals surface area contributed by atoms with Crippen molar-refractivity contribution in [2.75, 3.05) is 39.8 Å². The van der Waals surface area contributed by atoms with E-state index in [1.165, 1.54) is 0 Å². The lowest BCUT2D eigenvalue weighted by atomic mass is 10.2. The van der Waals surface area contributed by atoms with Crippen molar-refractivity contribution in [1.82, 2.24) is 19.6 Å². The third-order valence-corrected chi connectivity index (χ3v) is 3.37. The molecule has 0 atom stereocenters. The van der Waals surface area contributed by atoms with Gasteiger partial charge in [0.2, 0.25) is 0 Å². The molecule has 0 bridgehead atoms. The second kappa shape index (κ2) is 5.42. The molecule has 94 valence electrons. The first kappa shape index (κ1) is 12.3. The van der Waals surface area contributed by atoms with Crippen LogP contribution < -0.4 is 0 Å². The van der Waals surface area contributed by atoms with Crippen LogP contribution in [0.15, 0.2) is 6.07 Å². The Morgan fingerprint density at radius 3 is 2.59 bits per heavy atom. The van der Waals surface area contributed by atoms with Gasteiger partial charge in [-0.15, -0.1) is 0 Å². The standard InChI is InChI=1S/C12H20N4O/c1-14-5-7-16(8-6-14)4-3-11-9-12(10-17)15(2)13-11/h9-10H,3-8H2,1-2H3. The zero-order valence-electron chi connectivity index (χ0n) is 10.6. The van der Waals surface area contributed by atoms with E-state index in [1.54, 1.807) is 4.68 Å². The minimum Gasteiger partial charge on any atom is -0.304 e. The number of aldehydes is 1. The lowest BCUT2D eigenvalue weighted by Gasteiger charge is -2.32. The average molecular weight is 236 g/mol. The van der Waals surface area contributed by atoms with Crippen LogP contribution in [0.4, 0.5) is 0 Å². The number of carbonyl (C=O) groups excluding carboxylic acids is 1. The highest BCUT2D eigenvalue weighted by atomic mass is 16.1. The molecular formula is C12H20N4O. The Balaban J connectivity index is 1.83. The van der Waals surface area contributed by atoms with Crippen LogP contribution in [0.25, 0.3) is 0 Å². The van der Waals surface area contributed by atoms with E-state index in [2.05, 4.69) is 21.9 Å². The quantitative estimate of drug-likeness (QED) is 0.691. The molecule has 1 aliphatic heterocycles. The summed E-state index contributed by atoms with van der Waals surface area (Å²) in [5.74, 6) is 0. The number of aryl methyl sites for hydroxylation is 1. The monoisotopic (exact) mass is 236 g/mol. The zero-order chi connectivity index (χ0) is 12.3. The van der Waals surface area contributed by atoms with Crippen molar-refractivity contribution in [2.45, 2.75) is 6.42 Å². The average Bonchev–Trinajstić information content (AvgIpc) is 2.69. The molecule has 1 aliphatic rings. The number of carbonyl (C=O) groups is 1. The van der Waals surface area contributed by atoms with Gasteiger partial charge in [0, 0.05) is 46.2 Å². The first-order chi connectivity index (χ1) is 8.19. The maximum absolute atomic E-state index is 10.7. The van der Waals surface area contributed by atoms with Crippen LogP contribution in [0, 0.1) is 0 Å². The van der Waals surface area contributed by atoms with E-state index >= 15 is 0 Å². The van der Waals surface area contributed by atoms with E-state index in [1.807, 2.05) is 13.1 Å². The predicted octanol–water partition coefficient (Wildman–Crippen LogP) is 0.0225. The van der Waals surface area contributed by atoms with E-state index in [-0.39, 0.29) is 0 Å². The molecule has 0 spiro atoms. The van der Waals surface area contributed by atoms with Crippen LogP contribution in [0.5, 0.6) is 0 Å². The van der Waals surface area contributed by atoms with Gasteiger partial charge < -0.3 is 9.80 Å². The third-order valence-electron chi connectivity index (χ3n) is 3.37. The SMILES string of the molecule is CN1CCN(CCc2cc(C=O)n(C)n2)CC1. The van der Waals surface area contributed by atoms with E-state index in [0.717, 1.165) is 51.1 Å². The number of hydrogen-bond donors (Lipinski definition) is 0. The highest BCUT2D eigenvalue weighted by Gasteiger charge is 2.14. The zero-order valence-corrected chi connectivity index (χ0v) is 10.6. The minimum atomic E-state index is 0.651. The minimum absolute atomic E-state index is 0.651. The molecule has 5 nitrogen and oxygen atoms in total. The van der Waals surface area contributed by atoms with Gasteiger partial charge in [0.1, 0.15) is 5.69 Å². The van der Waals surface area contributed by atoms with Gasteiger partial charge in [0.15, 0.2) is 6.29 Å². The number of rotatable bonds is 4. The summed E-state index contributed by atoms with van der Waals surface area (Å²) >= 11 is 0. The molecule has 1 fully saturated rings. The topological polar surface area (TPSA) is 41.4 Å². The van der Waals surface area contributed by atoms with E-state index in [4.69, 9.17) is 0 Å². The first-order valence-electron chi connectivity index (χ1n) is 6.08. The number of likely N-dealkylation sites (N-methyl/N-ethyl adjacent to an activating group) is 1. The maximum Gasteiger partial charge on any atom is 0.168 e. The molecule has 0 amide bonds. The number of piperazine rings is 1. The van der Waals surface area contributed by atoms with Gasteiger partial charge in [-0.05, 0) is 13.1 Å². The van der Waals surface area contributed by atoms with Gasteiger partial charge in [-0.25, -0.2) is 0 Å². The second-order valence-corrected chi connectivity index (χ2v) is 4.70. The van der Waals surface area contributed by atoms with Gasteiger partial charge in [0.05, 0.1) is 5.69 Å². The summed E-state index contributed by atoms with van der Waals surface area (Å²) in [5, 5.41) is 4.33. The highest BCUT2D eigenvalue weighted by Crippen LogP contribution is 2.05. The number of hydrogen-bond acceptors (Lipinski definition) is 4. The molecule has 0 aromatic carbocycles. The van der Waals surface area contributed by atoms with Crippen molar-refractivity contribution in [1.29, 1.82) is 0 Å². The normalized spacial score (nSPS) is 18.5.